The molecule has 1 aromatic rings. The number of benzene rings is 1. The van der Waals surface area contributed by atoms with Gasteiger partial charge in [0.05, 0.1) is 6.04 Å². The van der Waals surface area contributed by atoms with Crippen molar-refractivity contribution in [3.63, 3.8) is 0 Å². The van der Waals surface area contributed by atoms with Crippen molar-refractivity contribution in [1.29, 1.82) is 0 Å². The molecule has 2 nitrogen and oxygen atoms in total. The summed E-state index contributed by atoms with van der Waals surface area (Å²) >= 11 is 1.84. The van der Waals surface area contributed by atoms with Crippen LogP contribution in [0, 0.1) is 0 Å². The van der Waals surface area contributed by atoms with Gasteiger partial charge < -0.3 is 5.32 Å². The number of hydrogen-bond acceptors (Lipinski definition) is 2. The van der Waals surface area contributed by atoms with Crippen molar-refractivity contribution in [3.05, 3.63) is 35.9 Å². The van der Waals surface area contributed by atoms with Gasteiger partial charge in [-0.3, -0.25) is 4.99 Å². The smallest absolute Gasteiger partial charge is 0.157 e. The van der Waals surface area contributed by atoms with Gasteiger partial charge in [0.1, 0.15) is 0 Å². The highest BCUT2D eigenvalue weighted by atomic mass is 32.2. The fourth-order valence-corrected chi connectivity index (χ4v) is 2.90. The molecular formula is C14H20N2S. The number of amidine groups is 1. The SMILES string of the molecule is CCCCCN=C1NC(c2ccccc2)CS1. The molecule has 17 heavy (non-hydrogen) atoms. The summed E-state index contributed by atoms with van der Waals surface area (Å²) in [7, 11) is 0. The van der Waals surface area contributed by atoms with E-state index in [1.54, 1.807) is 0 Å². The summed E-state index contributed by atoms with van der Waals surface area (Å²) in [5.74, 6) is 1.09. The topological polar surface area (TPSA) is 24.4 Å². The fraction of sp³-hybridized carbons (Fsp3) is 0.500. The first kappa shape index (κ1) is 12.5. The second kappa shape index (κ2) is 6.70. The van der Waals surface area contributed by atoms with Crippen molar-refractivity contribution < 1.29 is 0 Å². The second-order valence-electron chi connectivity index (χ2n) is 4.31. The molecule has 0 aliphatic carbocycles. The van der Waals surface area contributed by atoms with E-state index in [2.05, 4.69) is 47.6 Å². The second-order valence-corrected chi connectivity index (χ2v) is 5.32. The minimum absolute atomic E-state index is 0.436. The van der Waals surface area contributed by atoms with Gasteiger partial charge in [-0.15, -0.1) is 0 Å². The Labute approximate surface area is 108 Å². The first-order valence-corrected chi connectivity index (χ1v) is 7.37. The Morgan fingerprint density at radius 1 is 1.29 bits per heavy atom. The molecule has 1 aliphatic rings. The maximum atomic E-state index is 4.60. The summed E-state index contributed by atoms with van der Waals surface area (Å²) in [5, 5.41) is 4.62. The van der Waals surface area contributed by atoms with E-state index in [-0.39, 0.29) is 0 Å². The molecule has 1 fully saturated rings. The van der Waals surface area contributed by atoms with Crippen LogP contribution >= 0.6 is 11.8 Å². The molecule has 92 valence electrons. The average molecular weight is 248 g/mol. The predicted octanol–water partition coefficient (Wildman–Crippen LogP) is 3.61. The molecule has 1 unspecified atom stereocenters. The van der Waals surface area contributed by atoms with Crippen molar-refractivity contribution >= 4 is 16.9 Å². The lowest BCUT2D eigenvalue weighted by Gasteiger charge is -2.09. The van der Waals surface area contributed by atoms with E-state index in [1.165, 1.54) is 24.8 Å². The quantitative estimate of drug-likeness (QED) is 0.805. The van der Waals surface area contributed by atoms with Crippen LogP contribution in [0.2, 0.25) is 0 Å². The van der Waals surface area contributed by atoms with Gasteiger partial charge in [0.25, 0.3) is 0 Å². The van der Waals surface area contributed by atoms with E-state index in [0.29, 0.717) is 6.04 Å². The van der Waals surface area contributed by atoms with Crippen LogP contribution in [0.25, 0.3) is 0 Å². The van der Waals surface area contributed by atoms with Crippen molar-refractivity contribution in [2.24, 2.45) is 4.99 Å². The summed E-state index contributed by atoms with van der Waals surface area (Å²) in [6.07, 6.45) is 3.75. The van der Waals surface area contributed by atoms with Crippen molar-refractivity contribution in [2.45, 2.75) is 32.2 Å². The minimum atomic E-state index is 0.436. The van der Waals surface area contributed by atoms with E-state index >= 15 is 0 Å². The van der Waals surface area contributed by atoms with Gasteiger partial charge in [-0.25, -0.2) is 0 Å². The van der Waals surface area contributed by atoms with Gasteiger partial charge in [0, 0.05) is 12.3 Å². The third-order valence-corrected chi connectivity index (χ3v) is 3.92. The lowest BCUT2D eigenvalue weighted by Crippen LogP contribution is -2.19. The highest BCUT2D eigenvalue weighted by Gasteiger charge is 2.20. The third-order valence-electron chi connectivity index (χ3n) is 2.90. The lowest BCUT2D eigenvalue weighted by atomic mass is 10.1. The molecule has 0 radical (unpaired) electrons. The standard InChI is InChI=1S/C14H20N2S/c1-2-3-7-10-15-14-16-13(11-17-14)12-8-5-4-6-9-12/h4-6,8-9,13H,2-3,7,10-11H2,1H3,(H,15,16). The minimum Gasteiger partial charge on any atom is -0.357 e. The molecule has 0 spiro atoms. The number of nitrogens with zero attached hydrogens (tertiary/aromatic N) is 1. The Hall–Kier alpha value is -0.960. The molecule has 3 heteroatoms. The molecule has 0 aromatic heterocycles. The summed E-state index contributed by atoms with van der Waals surface area (Å²) < 4.78 is 0. The Morgan fingerprint density at radius 3 is 2.88 bits per heavy atom. The number of rotatable bonds is 5. The first-order chi connectivity index (χ1) is 8.40. The molecule has 1 atom stereocenters. The van der Waals surface area contributed by atoms with Gasteiger partial charge in [-0.2, -0.15) is 0 Å². The van der Waals surface area contributed by atoms with E-state index < -0.39 is 0 Å². The van der Waals surface area contributed by atoms with Gasteiger partial charge in [-0.05, 0) is 12.0 Å². The first-order valence-electron chi connectivity index (χ1n) is 6.39. The molecule has 1 aromatic carbocycles. The van der Waals surface area contributed by atoms with E-state index in [0.717, 1.165) is 17.5 Å². The molecule has 1 saturated heterocycles. The van der Waals surface area contributed by atoms with Crippen LogP contribution < -0.4 is 5.32 Å². The number of aliphatic imine (C=N–C) groups is 1. The number of hydrogen-bond donors (Lipinski definition) is 1. The van der Waals surface area contributed by atoms with Crippen LogP contribution in [0.15, 0.2) is 35.3 Å². The predicted molar refractivity (Wildman–Crippen MR) is 76.6 cm³/mol. The monoisotopic (exact) mass is 248 g/mol. The molecule has 0 amide bonds. The van der Waals surface area contributed by atoms with Gasteiger partial charge in [0.2, 0.25) is 0 Å². The molecule has 1 N–H and O–H groups in total. The van der Waals surface area contributed by atoms with Crippen molar-refractivity contribution in [1.82, 2.24) is 5.32 Å². The molecular weight excluding hydrogens is 228 g/mol. The number of unbranched alkanes of at least 4 members (excludes halogenated alkanes) is 2. The van der Waals surface area contributed by atoms with Gasteiger partial charge in [-0.1, -0.05) is 61.9 Å². The third kappa shape index (κ3) is 3.77. The van der Waals surface area contributed by atoms with Crippen LogP contribution in [0.1, 0.15) is 37.8 Å². The summed E-state index contributed by atoms with van der Waals surface area (Å²) in [6, 6.07) is 11.0. The Kier molecular flexibility index (Phi) is 4.92. The highest BCUT2D eigenvalue weighted by Crippen LogP contribution is 2.25. The summed E-state index contributed by atoms with van der Waals surface area (Å²) in [5.41, 5.74) is 1.36. The molecule has 1 heterocycles. The maximum absolute atomic E-state index is 4.60. The average Bonchev–Trinajstić information content (AvgIpc) is 2.85. The Morgan fingerprint density at radius 2 is 2.12 bits per heavy atom. The van der Waals surface area contributed by atoms with E-state index in [9.17, 15) is 0 Å². The summed E-state index contributed by atoms with van der Waals surface area (Å²) in [6.45, 7) is 3.19. The molecule has 2 rings (SSSR count). The highest BCUT2D eigenvalue weighted by molar-refractivity contribution is 8.14. The maximum Gasteiger partial charge on any atom is 0.157 e. The van der Waals surface area contributed by atoms with Crippen LogP contribution in [0.4, 0.5) is 0 Å². The van der Waals surface area contributed by atoms with E-state index in [1.807, 2.05) is 11.8 Å². The zero-order chi connectivity index (χ0) is 11.9. The van der Waals surface area contributed by atoms with Crippen LogP contribution in [-0.4, -0.2) is 17.5 Å². The Bertz CT molecular complexity index is 362. The zero-order valence-electron chi connectivity index (χ0n) is 10.4. The lowest BCUT2D eigenvalue weighted by molar-refractivity contribution is 0.717. The summed E-state index contributed by atoms with van der Waals surface area (Å²) in [4.78, 5) is 4.60. The van der Waals surface area contributed by atoms with Crippen LogP contribution in [0.5, 0.6) is 0 Å². The fourth-order valence-electron chi connectivity index (χ4n) is 1.89. The van der Waals surface area contributed by atoms with Crippen molar-refractivity contribution in [3.8, 4) is 0 Å². The largest absolute Gasteiger partial charge is 0.357 e. The normalized spacial score (nSPS) is 21.7. The number of thioether (sulfide) groups is 1. The Balaban J connectivity index is 1.83. The van der Waals surface area contributed by atoms with Gasteiger partial charge in [0.15, 0.2) is 5.17 Å². The molecule has 1 aliphatic heterocycles. The van der Waals surface area contributed by atoms with E-state index in [4.69, 9.17) is 0 Å². The molecule has 0 bridgehead atoms. The number of nitrogens with one attached hydrogen (secondary N) is 1. The van der Waals surface area contributed by atoms with Crippen LogP contribution in [0.3, 0.4) is 0 Å². The van der Waals surface area contributed by atoms with Crippen molar-refractivity contribution in [2.75, 3.05) is 12.3 Å². The van der Waals surface area contributed by atoms with Crippen LogP contribution in [-0.2, 0) is 0 Å². The zero-order valence-corrected chi connectivity index (χ0v) is 11.2. The van der Waals surface area contributed by atoms with Gasteiger partial charge >= 0.3 is 0 Å². The molecule has 0 saturated carbocycles.